The number of nitrogens with zero attached hydrogens (tertiary/aromatic N) is 4. The average Bonchev–Trinajstić information content (AvgIpc) is 3.51. The summed E-state index contributed by atoms with van der Waals surface area (Å²) in [6, 6.07) is 5.41. The number of pyridine rings is 2. The fourth-order valence-corrected chi connectivity index (χ4v) is 4.51. The first-order valence-electron chi connectivity index (χ1n) is 11.4. The standard InChI is InChI=1S/C26H22F4N4O2/c1-15(2)23-22(25(35)33-9-5-16(6-10-33)21-20(27)4-3-8-31-21)32-24-19(26(28,29)30)12-18(13-34(23)24)17-7-11-36-14-17/h3-5,7-8,11-15H,6,9-10H2,1-2H3. The van der Waals surface area contributed by atoms with E-state index >= 15 is 0 Å². The van der Waals surface area contributed by atoms with Gasteiger partial charge in [0, 0.05) is 36.6 Å². The lowest BCUT2D eigenvalue weighted by molar-refractivity contribution is -0.136. The topological polar surface area (TPSA) is 63.6 Å². The minimum Gasteiger partial charge on any atom is -0.472 e. The molecule has 0 radical (unpaired) electrons. The molecule has 1 aliphatic rings. The third-order valence-electron chi connectivity index (χ3n) is 6.23. The second-order valence-electron chi connectivity index (χ2n) is 8.91. The first kappa shape index (κ1) is 23.8. The third-order valence-corrected chi connectivity index (χ3v) is 6.23. The Morgan fingerprint density at radius 3 is 2.61 bits per heavy atom. The van der Waals surface area contributed by atoms with Crippen LogP contribution in [0.15, 0.2) is 59.7 Å². The number of rotatable bonds is 4. The van der Waals surface area contributed by atoms with E-state index in [0.717, 1.165) is 6.07 Å². The molecule has 0 fully saturated rings. The molecule has 0 unspecified atom stereocenters. The number of amides is 1. The van der Waals surface area contributed by atoms with E-state index in [0.29, 0.717) is 28.8 Å². The number of hydrogen-bond acceptors (Lipinski definition) is 4. The summed E-state index contributed by atoms with van der Waals surface area (Å²) in [6.07, 6.45) is 3.19. The number of aromatic nitrogens is 3. The zero-order valence-corrected chi connectivity index (χ0v) is 19.5. The summed E-state index contributed by atoms with van der Waals surface area (Å²) in [6.45, 7) is 4.03. The van der Waals surface area contributed by atoms with Crippen LogP contribution in [0.25, 0.3) is 22.3 Å². The van der Waals surface area contributed by atoms with Crippen LogP contribution in [0.3, 0.4) is 0 Å². The molecular weight excluding hydrogens is 476 g/mol. The molecule has 6 nitrogen and oxygen atoms in total. The van der Waals surface area contributed by atoms with Gasteiger partial charge in [-0.1, -0.05) is 19.9 Å². The maximum Gasteiger partial charge on any atom is 0.420 e. The number of halogens is 4. The van der Waals surface area contributed by atoms with E-state index in [1.807, 2.05) is 0 Å². The van der Waals surface area contributed by atoms with Gasteiger partial charge in [-0.2, -0.15) is 13.2 Å². The number of carbonyl (C=O) groups excluding carboxylic acids is 1. The normalized spacial score (nSPS) is 14.5. The van der Waals surface area contributed by atoms with E-state index < -0.39 is 23.5 Å². The number of carbonyl (C=O) groups is 1. The average molecular weight is 498 g/mol. The summed E-state index contributed by atoms with van der Waals surface area (Å²) in [7, 11) is 0. The molecule has 4 aromatic heterocycles. The van der Waals surface area contributed by atoms with Crippen LogP contribution in [0.5, 0.6) is 0 Å². The Morgan fingerprint density at radius 2 is 2.00 bits per heavy atom. The van der Waals surface area contributed by atoms with Gasteiger partial charge >= 0.3 is 6.18 Å². The molecule has 0 aliphatic carbocycles. The van der Waals surface area contributed by atoms with Crippen molar-refractivity contribution in [3.63, 3.8) is 0 Å². The fourth-order valence-electron chi connectivity index (χ4n) is 4.51. The van der Waals surface area contributed by atoms with E-state index in [4.69, 9.17) is 4.42 Å². The van der Waals surface area contributed by atoms with Crippen LogP contribution in [-0.4, -0.2) is 38.3 Å². The Kier molecular flexibility index (Phi) is 5.89. The monoisotopic (exact) mass is 498 g/mol. The molecule has 0 saturated carbocycles. The third kappa shape index (κ3) is 4.16. The van der Waals surface area contributed by atoms with Crippen molar-refractivity contribution in [2.24, 2.45) is 0 Å². The predicted octanol–water partition coefficient (Wildman–Crippen LogP) is 6.20. The van der Waals surface area contributed by atoms with Gasteiger partial charge in [-0.15, -0.1) is 0 Å². The van der Waals surface area contributed by atoms with Crippen molar-refractivity contribution in [2.45, 2.75) is 32.4 Å². The second-order valence-corrected chi connectivity index (χ2v) is 8.91. The fraction of sp³-hybridized carbons (Fsp3) is 0.269. The van der Waals surface area contributed by atoms with Crippen LogP contribution >= 0.6 is 0 Å². The molecule has 186 valence electrons. The Labute approximate surface area is 203 Å². The van der Waals surface area contributed by atoms with Crippen LogP contribution in [0.4, 0.5) is 17.6 Å². The maximum atomic E-state index is 14.1. The summed E-state index contributed by atoms with van der Waals surface area (Å²) in [5, 5.41) is 0. The molecule has 1 amide bonds. The number of alkyl halides is 3. The molecule has 1 aliphatic heterocycles. The zero-order chi connectivity index (χ0) is 25.6. The van der Waals surface area contributed by atoms with E-state index in [9.17, 15) is 22.4 Å². The van der Waals surface area contributed by atoms with Crippen molar-refractivity contribution in [2.75, 3.05) is 13.1 Å². The molecule has 0 spiro atoms. The summed E-state index contributed by atoms with van der Waals surface area (Å²) in [4.78, 5) is 23.3. The zero-order valence-electron chi connectivity index (χ0n) is 19.5. The first-order valence-corrected chi connectivity index (χ1v) is 11.4. The van der Waals surface area contributed by atoms with Crippen molar-refractivity contribution >= 4 is 17.1 Å². The van der Waals surface area contributed by atoms with Crippen LogP contribution in [-0.2, 0) is 6.18 Å². The van der Waals surface area contributed by atoms with Gasteiger partial charge in [0.2, 0.25) is 0 Å². The summed E-state index contributed by atoms with van der Waals surface area (Å²) in [5.74, 6) is -1.21. The highest BCUT2D eigenvalue weighted by Gasteiger charge is 2.37. The lowest BCUT2D eigenvalue weighted by Gasteiger charge is -2.26. The summed E-state index contributed by atoms with van der Waals surface area (Å²) < 4.78 is 62.7. The molecule has 0 saturated heterocycles. The van der Waals surface area contributed by atoms with E-state index in [1.165, 1.54) is 40.2 Å². The van der Waals surface area contributed by atoms with Crippen molar-refractivity contribution < 1.29 is 26.8 Å². The minimum absolute atomic E-state index is 0.0271. The van der Waals surface area contributed by atoms with Crippen LogP contribution < -0.4 is 0 Å². The Bertz CT molecular complexity index is 1470. The van der Waals surface area contributed by atoms with Crippen LogP contribution in [0, 0.1) is 5.82 Å². The SMILES string of the molecule is CC(C)c1c(C(=O)N2CC=C(c3ncccc3F)CC2)nc2c(C(F)(F)F)cc(-c3ccoc3)cn12. The van der Waals surface area contributed by atoms with Gasteiger partial charge in [-0.3, -0.25) is 9.78 Å². The number of hydrogen-bond donors (Lipinski definition) is 0. The Hall–Kier alpha value is -3.95. The van der Waals surface area contributed by atoms with Crippen molar-refractivity contribution in [3.8, 4) is 11.1 Å². The minimum atomic E-state index is -4.68. The number of imidazole rings is 1. The molecule has 0 atom stereocenters. The smallest absolute Gasteiger partial charge is 0.420 e. The van der Waals surface area contributed by atoms with Crippen LogP contribution in [0.1, 0.15) is 53.6 Å². The summed E-state index contributed by atoms with van der Waals surface area (Å²) in [5.41, 5.74) is 0.789. The van der Waals surface area contributed by atoms with Gasteiger partial charge in [0.15, 0.2) is 5.69 Å². The van der Waals surface area contributed by atoms with Gasteiger partial charge in [0.05, 0.1) is 23.8 Å². The van der Waals surface area contributed by atoms with Gasteiger partial charge in [-0.25, -0.2) is 9.37 Å². The maximum absolute atomic E-state index is 14.1. The van der Waals surface area contributed by atoms with E-state index in [1.54, 1.807) is 32.2 Å². The predicted molar refractivity (Wildman–Crippen MR) is 125 cm³/mol. The highest BCUT2D eigenvalue weighted by Crippen LogP contribution is 2.37. The Morgan fingerprint density at radius 1 is 1.19 bits per heavy atom. The molecule has 10 heteroatoms. The highest BCUT2D eigenvalue weighted by molar-refractivity contribution is 5.95. The van der Waals surface area contributed by atoms with Crippen molar-refractivity contribution in [3.05, 3.63) is 83.7 Å². The molecule has 0 aromatic carbocycles. The lowest BCUT2D eigenvalue weighted by Crippen LogP contribution is -2.35. The summed E-state index contributed by atoms with van der Waals surface area (Å²) >= 11 is 0. The van der Waals surface area contributed by atoms with E-state index in [2.05, 4.69) is 9.97 Å². The van der Waals surface area contributed by atoms with Crippen molar-refractivity contribution in [1.29, 1.82) is 0 Å². The molecule has 36 heavy (non-hydrogen) atoms. The van der Waals surface area contributed by atoms with Gasteiger partial charge in [0.25, 0.3) is 5.91 Å². The molecule has 0 bridgehead atoms. The highest BCUT2D eigenvalue weighted by atomic mass is 19.4. The Balaban J connectivity index is 1.58. The van der Waals surface area contributed by atoms with Crippen LogP contribution in [0.2, 0.25) is 0 Å². The molecule has 5 rings (SSSR count). The lowest BCUT2D eigenvalue weighted by atomic mass is 10.0. The van der Waals surface area contributed by atoms with Crippen molar-refractivity contribution in [1.82, 2.24) is 19.3 Å². The molecule has 0 N–H and O–H groups in total. The quantitative estimate of drug-likeness (QED) is 0.314. The van der Waals surface area contributed by atoms with Gasteiger partial charge < -0.3 is 13.7 Å². The van der Waals surface area contributed by atoms with Gasteiger partial charge in [0.1, 0.15) is 17.2 Å². The first-order chi connectivity index (χ1) is 17.1. The second kappa shape index (κ2) is 8.92. The number of fused-ring (bicyclic) bond motifs is 1. The number of furan rings is 1. The molecule has 5 heterocycles. The van der Waals surface area contributed by atoms with E-state index in [-0.39, 0.29) is 36.0 Å². The largest absolute Gasteiger partial charge is 0.472 e. The van der Waals surface area contributed by atoms with Gasteiger partial charge in [-0.05, 0) is 42.2 Å². The molecule has 4 aromatic rings. The molecular formula is C26H22F4N4O2.